The van der Waals surface area contributed by atoms with E-state index in [9.17, 15) is 0 Å². The number of nitrogens with zero attached hydrogens (tertiary/aromatic N) is 8. The molecule has 0 aliphatic carbocycles. The summed E-state index contributed by atoms with van der Waals surface area (Å²) in [6.45, 7) is 7.78. The predicted molar refractivity (Wildman–Crippen MR) is 152 cm³/mol. The molecule has 40 heavy (non-hydrogen) atoms. The van der Waals surface area contributed by atoms with Crippen molar-refractivity contribution in [3.63, 3.8) is 0 Å². The summed E-state index contributed by atoms with van der Waals surface area (Å²) in [5, 5.41) is 0. The number of fused-ring (bicyclic) bond motifs is 4. The second-order valence-electron chi connectivity index (χ2n) is 9.66. The highest BCUT2D eigenvalue weighted by Gasteiger charge is 2.12. The maximum absolute atomic E-state index is 4.50. The summed E-state index contributed by atoms with van der Waals surface area (Å²) in [4.78, 5) is 48.2. The normalized spacial score (nSPS) is 11.5. The average molecular weight is 529 g/mol. The van der Waals surface area contributed by atoms with Gasteiger partial charge in [0.2, 0.25) is 0 Å². The van der Waals surface area contributed by atoms with Crippen LogP contribution < -0.4 is 0 Å². The summed E-state index contributed by atoms with van der Waals surface area (Å²) in [7, 11) is 0. The molecule has 0 radical (unpaired) electrons. The first-order chi connectivity index (χ1) is 19.4. The molecule has 0 unspecified atom stereocenters. The number of pyridine rings is 4. The van der Waals surface area contributed by atoms with Gasteiger partial charge in [-0.3, -0.25) is 4.98 Å². The van der Waals surface area contributed by atoms with E-state index in [-0.39, 0.29) is 0 Å². The van der Waals surface area contributed by atoms with Gasteiger partial charge in [0.15, 0.2) is 34.2 Å². The van der Waals surface area contributed by atoms with Crippen molar-refractivity contribution in [1.29, 1.82) is 0 Å². The van der Waals surface area contributed by atoms with Gasteiger partial charge in [0.1, 0.15) is 23.0 Å². The third kappa shape index (κ3) is 4.30. The fourth-order valence-electron chi connectivity index (χ4n) is 4.51. The van der Waals surface area contributed by atoms with E-state index >= 15 is 0 Å². The number of imidazole rings is 4. The Bertz CT molecular complexity index is 2060. The standard InChI is InChI=1S/2C14H12N6/c1-7-3-4-9(15-6-7)12-18-11-5-10-13(17-8(2)16-10)20-14(11)19-12;1-7-4-3-5-9(15-7)12-18-11-6-10-13(17-8(2)16-10)20-14(11)19-12/h2*3-6H,1-2H3,(H2,16,17,18,19,20). The number of hydrogen-bond acceptors (Lipinski definition) is 8. The summed E-state index contributed by atoms with van der Waals surface area (Å²) >= 11 is 0. The third-order valence-corrected chi connectivity index (χ3v) is 6.37. The van der Waals surface area contributed by atoms with Crippen molar-refractivity contribution in [3.05, 3.63) is 71.6 Å². The van der Waals surface area contributed by atoms with Gasteiger partial charge in [0, 0.05) is 11.9 Å². The van der Waals surface area contributed by atoms with Crippen molar-refractivity contribution in [2.75, 3.05) is 0 Å². The first-order valence-corrected chi connectivity index (χ1v) is 12.7. The molecule has 0 aromatic carbocycles. The molecule has 8 rings (SSSR count). The molecule has 0 aliphatic heterocycles. The Morgan fingerprint density at radius 1 is 0.500 bits per heavy atom. The molecule has 8 aromatic rings. The topological polar surface area (TPSA) is 166 Å². The van der Waals surface area contributed by atoms with Crippen molar-refractivity contribution in [2.24, 2.45) is 0 Å². The largest absolute Gasteiger partial charge is 0.341 e. The molecule has 0 saturated carbocycles. The van der Waals surface area contributed by atoms with Crippen LogP contribution >= 0.6 is 0 Å². The molecule has 0 amide bonds. The molecule has 8 heterocycles. The average Bonchev–Trinajstić information content (AvgIpc) is 3.69. The van der Waals surface area contributed by atoms with E-state index < -0.39 is 0 Å². The number of aryl methyl sites for hydroxylation is 4. The van der Waals surface area contributed by atoms with Crippen LogP contribution in [0.3, 0.4) is 0 Å². The van der Waals surface area contributed by atoms with Crippen LogP contribution in [0.1, 0.15) is 22.9 Å². The van der Waals surface area contributed by atoms with Crippen molar-refractivity contribution < 1.29 is 0 Å². The zero-order valence-electron chi connectivity index (χ0n) is 22.2. The maximum atomic E-state index is 4.50. The zero-order chi connectivity index (χ0) is 27.4. The Balaban J connectivity index is 0.000000132. The molecule has 0 fully saturated rings. The summed E-state index contributed by atoms with van der Waals surface area (Å²) in [5.41, 5.74) is 9.94. The minimum Gasteiger partial charge on any atom is -0.341 e. The lowest BCUT2D eigenvalue weighted by Crippen LogP contribution is -1.87. The first-order valence-electron chi connectivity index (χ1n) is 12.7. The van der Waals surface area contributed by atoms with Crippen LogP contribution in [0.25, 0.3) is 67.7 Å². The van der Waals surface area contributed by atoms with Gasteiger partial charge >= 0.3 is 0 Å². The van der Waals surface area contributed by atoms with Gasteiger partial charge in [-0.15, -0.1) is 0 Å². The minimum absolute atomic E-state index is 0.654. The van der Waals surface area contributed by atoms with E-state index in [2.05, 4.69) is 59.8 Å². The fourth-order valence-corrected chi connectivity index (χ4v) is 4.51. The predicted octanol–water partition coefficient (Wildman–Crippen LogP) is 5.03. The highest BCUT2D eigenvalue weighted by atomic mass is 15.1. The van der Waals surface area contributed by atoms with Gasteiger partial charge in [-0.05, 0) is 63.6 Å². The van der Waals surface area contributed by atoms with E-state index in [1.54, 1.807) is 0 Å². The quantitative estimate of drug-likeness (QED) is 0.242. The summed E-state index contributed by atoms with van der Waals surface area (Å²) < 4.78 is 0. The maximum Gasteiger partial charge on any atom is 0.180 e. The summed E-state index contributed by atoms with van der Waals surface area (Å²) in [5.74, 6) is 3.14. The highest BCUT2D eigenvalue weighted by molar-refractivity contribution is 5.87. The van der Waals surface area contributed by atoms with Crippen LogP contribution in [0.5, 0.6) is 0 Å². The fraction of sp³-hybridized carbons (Fsp3) is 0.143. The van der Waals surface area contributed by atoms with Crippen molar-refractivity contribution >= 4 is 44.7 Å². The molecular weight excluding hydrogens is 504 g/mol. The van der Waals surface area contributed by atoms with Crippen LogP contribution in [0, 0.1) is 27.7 Å². The summed E-state index contributed by atoms with van der Waals surface area (Å²) in [6, 6.07) is 13.8. The van der Waals surface area contributed by atoms with Gasteiger partial charge in [-0.2, -0.15) is 0 Å². The SMILES string of the molecule is Cc1ccc(-c2nc3nc4nc(C)[nH]c4cc3[nH]2)nc1.Cc1cccc(-c2nc3nc4nc(C)[nH]c4cc3[nH]2)n1. The van der Waals surface area contributed by atoms with Crippen LogP contribution in [-0.4, -0.2) is 59.8 Å². The van der Waals surface area contributed by atoms with E-state index in [0.29, 0.717) is 22.6 Å². The third-order valence-electron chi connectivity index (χ3n) is 6.37. The molecule has 4 N–H and O–H groups in total. The second-order valence-corrected chi connectivity index (χ2v) is 9.66. The Hall–Kier alpha value is -5.52. The number of aromatic amines is 4. The van der Waals surface area contributed by atoms with E-state index in [1.807, 2.05) is 76.4 Å². The minimum atomic E-state index is 0.654. The number of nitrogens with one attached hydrogen (secondary N) is 4. The van der Waals surface area contributed by atoms with E-state index in [0.717, 1.165) is 68.0 Å². The number of aromatic nitrogens is 12. The molecule has 8 aromatic heterocycles. The highest BCUT2D eigenvalue weighted by Crippen LogP contribution is 2.22. The van der Waals surface area contributed by atoms with Crippen LogP contribution in [0.15, 0.2) is 48.7 Å². The van der Waals surface area contributed by atoms with Crippen LogP contribution in [0.2, 0.25) is 0 Å². The Labute approximate surface area is 226 Å². The second kappa shape index (κ2) is 9.05. The monoisotopic (exact) mass is 528 g/mol. The van der Waals surface area contributed by atoms with E-state index in [1.165, 1.54) is 0 Å². The van der Waals surface area contributed by atoms with Gasteiger partial charge in [-0.1, -0.05) is 12.1 Å². The molecule has 12 nitrogen and oxygen atoms in total. The molecule has 12 heteroatoms. The van der Waals surface area contributed by atoms with E-state index in [4.69, 9.17) is 0 Å². The Morgan fingerprint density at radius 2 is 1.05 bits per heavy atom. The Morgan fingerprint density at radius 3 is 1.60 bits per heavy atom. The first kappa shape index (κ1) is 23.6. The molecule has 0 atom stereocenters. The van der Waals surface area contributed by atoms with Gasteiger partial charge in [-0.25, -0.2) is 34.9 Å². The lowest BCUT2D eigenvalue weighted by Gasteiger charge is -1.96. The lowest BCUT2D eigenvalue weighted by atomic mass is 10.3. The molecule has 0 spiro atoms. The molecular formula is C28H24N12. The molecule has 196 valence electrons. The molecule has 0 saturated heterocycles. The summed E-state index contributed by atoms with van der Waals surface area (Å²) in [6.07, 6.45) is 1.82. The Kier molecular flexibility index (Phi) is 5.33. The lowest BCUT2D eigenvalue weighted by molar-refractivity contribution is 1.15. The number of H-pyrrole nitrogens is 4. The van der Waals surface area contributed by atoms with Gasteiger partial charge in [0.25, 0.3) is 0 Å². The van der Waals surface area contributed by atoms with Crippen LogP contribution in [-0.2, 0) is 0 Å². The number of hydrogen-bond donors (Lipinski definition) is 4. The zero-order valence-corrected chi connectivity index (χ0v) is 22.2. The van der Waals surface area contributed by atoms with Crippen LogP contribution in [0.4, 0.5) is 0 Å². The number of rotatable bonds is 2. The smallest absolute Gasteiger partial charge is 0.180 e. The van der Waals surface area contributed by atoms with Crippen molar-refractivity contribution in [1.82, 2.24) is 59.8 Å². The van der Waals surface area contributed by atoms with Crippen molar-refractivity contribution in [2.45, 2.75) is 27.7 Å². The molecule has 0 aliphatic rings. The van der Waals surface area contributed by atoms with Gasteiger partial charge < -0.3 is 19.9 Å². The van der Waals surface area contributed by atoms with Gasteiger partial charge in [0.05, 0.1) is 22.1 Å². The molecule has 0 bridgehead atoms. The van der Waals surface area contributed by atoms with Crippen molar-refractivity contribution in [3.8, 4) is 23.0 Å².